The zero-order valence-electron chi connectivity index (χ0n) is 14.2. The number of phenolic OH excluding ortho intramolecular Hbond substituents is 1. The van der Waals surface area contributed by atoms with E-state index in [1.807, 2.05) is 45.0 Å². The van der Waals surface area contributed by atoms with E-state index in [2.05, 4.69) is 5.32 Å². The van der Waals surface area contributed by atoms with Crippen molar-refractivity contribution in [1.82, 2.24) is 5.32 Å². The van der Waals surface area contributed by atoms with Gasteiger partial charge in [0.15, 0.2) is 0 Å². The number of phenols is 1. The fourth-order valence-corrected chi connectivity index (χ4v) is 2.00. The third-order valence-corrected chi connectivity index (χ3v) is 3.08. The van der Waals surface area contributed by atoms with E-state index in [0.29, 0.717) is 24.5 Å². The Hall–Kier alpha value is -2.69. The molecule has 2 rings (SSSR count). The van der Waals surface area contributed by atoms with Crippen LogP contribution >= 0.6 is 0 Å². The first-order chi connectivity index (χ1) is 11.3. The molecule has 0 radical (unpaired) electrons. The molecule has 128 valence electrons. The van der Waals surface area contributed by atoms with Crippen LogP contribution in [0.1, 0.15) is 26.3 Å². The van der Waals surface area contributed by atoms with Gasteiger partial charge in [0, 0.05) is 6.54 Å². The van der Waals surface area contributed by atoms with E-state index in [9.17, 15) is 9.90 Å². The lowest BCUT2D eigenvalue weighted by Gasteiger charge is -2.19. The lowest BCUT2D eigenvalue weighted by Crippen LogP contribution is -2.33. The Labute approximate surface area is 142 Å². The van der Waals surface area contributed by atoms with Gasteiger partial charge in [0.25, 0.3) is 0 Å². The summed E-state index contributed by atoms with van der Waals surface area (Å²) < 4.78 is 10.9. The minimum atomic E-state index is -0.489. The summed E-state index contributed by atoms with van der Waals surface area (Å²) in [7, 11) is 0. The second-order valence-electron chi connectivity index (χ2n) is 6.42. The fraction of sp³-hybridized carbons (Fsp3) is 0.316. The predicted molar refractivity (Wildman–Crippen MR) is 92.6 cm³/mol. The molecule has 0 saturated carbocycles. The van der Waals surface area contributed by atoms with Crippen molar-refractivity contribution in [3.8, 4) is 17.2 Å². The Morgan fingerprint density at radius 3 is 2.08 bits per heavy atom. The third kappa shape index (κ3) is 6.20. The van der Waals surface area contributed by atoms with Crippen LogP contribution in [0.5, 0.6) is 17.2 Å². The molecule has 2 N–H and O–H groups in total. The molecule has 5 heteroatoms. The number of carbonyl (C=O) groups is 1. The van der Waals surface area contributed by atoms with Crippen molar-refractivity contribution in [2.75, 3.05) is 6.54 Å². The number of hydrogen-bond acceptors (Lipinski definition) is 4. The Balaban J connectivity index is 1.79. The highest BCUT2D eigenvalue weighted by molar-refractivity contribution is 5.67. The minimum Gasteiger partial charge on any atom is -0.508 e. The second-order valence-corrected chi connectivity index (χ2v) is 6.42. The number of ether oxygens (including phenoxy) is 2. The highest BCUT2D eigenvalue weighted by Crippen LogP contribution is 2.23. The molecule has 0 unspecified atom stereocenters. The summed E-state index contributed by atoms with van der Waals surface area (Å²) in [4.78, 5) is 11.6. The van der Waals surface area contributed by atoms with E-state index in [-0.39, 0.29) is 5.75 Å². The van der Waals surface area contributed by atoms with Crippen molar-refractivity contribution in [3.05, 3.63) is 54.1 Å². The number of alkyl carbamates (subject to hydrolysis) is 1. The summed E-state index contributed by atoms with van der Waals surface area (Å²) in [5.74, 6) is 1.58. The lowest BCUT2D eigenvalue weighted by atomic mass is 10.1. The smallest absolute Gasteiger partial charge is 0.407 e. The van der Waals surface area contributed by atoms with Crippen molar-refractivity contribution < 1.29 is 19.4 Å². The van der Waals surface area contributed by atoms with Crippen LogP contribution in [0.2, 0.25) is 0 Å². The average molecular weight is 329 g/mol. The number of rotatable bonds is 5. The van der Waals surface area contributed by atoms with Gasteiger partial charge < -0.3 is 19.9 Å². The molecule has 0 aromatic heterocycles. The molecule has 5 nitrogen and oxygen atoms in total. The predicted octanol–water partition coefficient (Wildman–Crippen LogP) is 4.25. The van der Waals surface area contributed by atoms with Gasteiger partial charge in [-0.1, -0.05) is 12.1 Å². The van der Waals surface area contributed by atoms with Crippen molar-refractivity contribution >= 4 is 6.09 Å². The minimum absolute atomic E-state index is 0.204. The zero-order chi connectivity index (χ0) is 17.6. The van der Waals surface area contributed by atoms with E-state index >= 15 is 0 Å². The maximum Gasteiger partial charge on any atom is 0.407 e. The molecule has 2 aromatic rings. The maximum absolute atomic E-state index is 11.6. The zero-order valence-corrected chi connectivity index (χ0v) is 14.2. The van der Waals surface area contributed by atoms with E-state index in [1.165, 1.54) is 0 Å². The quantitative estimate of drug-likeness (QED) is 0.860. The normalized spacial score (nSPS) is 11.0. The van der Waals surface area contributed by atoms with Crippen LogP contribution in [0, 0.1) is 0 Å². The highest BCUT2D eigenvalue weighted by Gasteiger charge is 2.15. The van der Waals surface area contributed by atoms with Crippen LogP contribution in [0.4, 0.5) is 4.79 Å². The van der Waals surface area contributed by atoms with Crippen LogP contribution in [0.3, 0.4) is 0 Å². The molecule has 0 atom stereocenters. The Morgan fingerprint density at radius 1 is 1.00 bits per heavy atom. The number of benzene rings is 2. The van der Waals surface area contributed by atoms with Crippen molar-refractivity contribution in [3.63, 3.8) is 0 Å². The van der Waals surface area contributed by atoms with Crippen LogP contribution < -0.4 is 10.1 Å². The lowest BCUT2D eigenvalue weighted by molar-refractivity contribution is 0.0528. The molecule has 24 heavy (non-hydrogen) atoms. The molecule has 0 aliphatic heterocycles. The Bertz CT molecular complexity index is 657. The molecule has 0 aliphatic rings. The number of amides is 1. The van der Waals surface area contributed by atoms with Crippen molar-refractivity contribution in [1.29, 1.82) is 0 Å². The number of nitrogens with one attached hydrogen (secondary N) is 1. The van der Waals surface area contributed by atoms with Gasteiger partial charge in [-0.3, -0.25) is 0 Å². The topological polar surface area (TPSA) is 67.8 Å². The summed E-state index contributed by atoms with van der Waals surface area (Å²) in [6, 6.07) is 14.2. The molecule has 1 amide bonds. The molecule has 0 heterocycles. The van der Waals surface area contributed by atoms with Gasteiger partial charge in [-0.15, -0.1) is 0 Å². The molecule has 0 fully saturated rings. The molecule has 0 saturated heterocycles. The van der Waals surface area contributed by atoms with Crippen LogP contribution in [-0.4, -0.2) is 23.3 Å². The number of hydrogen-bond donors (Lipinski definition) is 2. The standard InChI is InChI=1S/C19H23NO4/c1-19(2,3)24-18(22)20-13-12-14-4-8-16(9-5-14)23-17-10-6-15(21)7-11-17/h4-11,21H,12-13H2,1-3H3,(H,20,22). The van der Waals surface area contributed by atoms with Gasteiger partial charge in [0.1, 0.15) is 22.8 Å². The Morgan fingerprint density at radius 2 is 1.54 bits per heavy atom. The molecular formula is C19H23NO4. The van der Waals surface area contributed by atoms with Gasteiger partial charge in [-0.2, -0.15) is 0 Å². The van der Waals surface area contributed by atoms with Crippen molar-refractivity contribution in [2.24, 2.45) is 0 Å². The van der Waals surface area contributed by atoms with Gasteiger partial charge in [-0.25, -0.2) is 4.79 Å². The van der Waals surface area contributed by atoms with Crippen LogP contribution in [0.15, 0.2) is 48.5 Å². The van der Waals surface area contributed by atoms with E-state index in [4.69, 9.17) is 9.47 Å². The highest BCUT2D eigenvalue weighted by atomic mass is 16.6. The van der Waals surface area contributed by atoms with Gasteiger partial charge >= 0.3 is 6.09 Å². The van der Waals surface area contributed by atoms with Gasteiger partial charge in [0.2, 0.25) is 0 Å². The van der Waals surface area contributed by atoms with E-state index in [1.54, 1.807) is 24.3 Å². The molecule has 0 aliphatic carbocycles. The maximum atomic E-state index is 11.6. The summed E-state index contributed by atoms with van der Waals surface area (Å²) >= 11 is 0. The molecule has 0 spiro atoms. The summed E-state index contributed by atoms with van der Waals surface area (Å²) in [5.41, 5.74) is 0.598. The van der Waals surface area contributed by atoms with Crippen LogP contribution in [-0.2, 0) is 11.2 Å². The number of aromatic hydroxyl groups is 1. The fourth-order valence-electron chi connectivity index (χ4n) is 2.00. The SMILES string of the molecule is CC(C)(C)OC(=O)NCCc1ccc(Oc2ccc(O)cc2)cc1. The Kier molecular flexibility index (Phi) is 5.68. The first-order valence-electron chi connectivity index (χ1n) is 7.84. The van der Waals surface area contributed by atoms with E-state index in [0.717, 1.165) is 5.56 Å². The monoisotopic (exact) mass is 329 g/mol. The summed E-state index contributed by atoms with van der Waals surface area (Å²) in [5, 5.41) is 12.0. The van der Waals surface area contributed by atoms with E-state index < -0.39 is 11.7 Å². The average Bonchev–Trinajstić information content (AvgIpc) is 2.49. The van der Waals surface area contributed by atoms with Gasteiger partial charge in [0.05, 0.1) is 0 Å². The van der Waals surface area contributed by atoms with Gasteiger partial charge in [-0.05, 0) is 69.2 Å². The largest absolute Gasteiger partial charge is 0.508 e. The molecular weight excluding hydrogens is 306 g/mol. The summed E-state index contributed by atoms with van der Waals surface area (Å²) in [6.07, 6.45) is 0.299. The van der Waals surface area contributed by atoms with Crippen LogP contribution in [0.25, 0.3) is 0 Å². The molecule has 2 aromatic carbocycles. The second kappa shape index (κ2) is 7.73. The molecule has 0 bridgehead atoms. The van der Waals surface area contributed by atoms with Crippen molar-refractivity contribution in [2.45, 2.75) is 32.8 Å². The first-order valence-corrected chi connectivity index (χ1v) is 7.84. The number of carbonyl (C=O) groups excluding carboxylic acids is 1. The first kappa shape index (κ1) is 17.7. The summed E-state index contributed by atoms with van der Waals surface area (Å²) in [6.45, 7) is 6.01. The third-order valence-electron chi connectivity index (χ3n) is 3.08.